The molecule has 0 aliphatic carbocycles. The Hall–Kier alpha value is -1.16. The van der Waals surface area contributed by atoms with Gasteiger partial charge >= 0.3 is 0 Å². The van der Waals surface area contributed by atoms with E-state index in [0.717, 1.165) is 6.07 Å². The molecule has 0 atom stereocenters. The predicted molar refractivity (Wildman–Crippen MR) is 38.2 cm³/mol. The van der Waals surface area contributed by atoms with Gasteiger partial charge < -0.3 is 5.11 Å². The molecule has 1 aromatic rings. The molecular formula is C7H3ClF2O2. The van der Waals surface area contributed by atoms with E-state index in [2.05, 4.69) is 0 Å². The van der Waals surface area contributed by atoms with Crippen molar-refractivity contribution < 1.29 is 18.7 Å². The predicted octanol–water partition coefficient (Wildman–Crippen LogP) is 2.05. The summed E-state index contributed by atoms with van der Waals surface area (Å²) in [4.78, 5) is 10.4. The molecule has 0 aliphatic heterocycles. The molecule has 0 bridgehead atoms. The molecule has 1 aromatic carbocycles. The molecule has 1 rings (SSSR count). The fourth-order valence-electron chi connectivity index (χ4n) is 0.688. The number of carbonyl (C=O) groups excluding carboxylic acids is 1. The van der Waals surface area contributed by atoms with Gasteiger partial charge in [-0.3, -0.25) is 4.79 Å². The first-order valence-electron chi connectivity index (χ1n) is 2.90. The van der Waals surface area contributed by atoms with Gasteiger partial charge in [0.1, 0.15) is 0 Å². The first kappa shape index (κ1) is 8.93. The fourth-order valence-corrected chi connectivity index (χ4v) is 0.797. The summed E-state index contributed by atoms with van der Waals surface area (Å²) in [6, 6.07) is 1.37. The highest BCUT2D eigenvalue weighted by molar-refractivity contribution is 6.67. The van der Waals surface area contributed by atoms with Gasteiger partial charge in [0.15, 0.2) is 17.4 Å². The van der Waals surface area contributed by atoms with E-state index in [0.29, 0.717) is 6.07 Å². The van der Waals surface area contributed by atoms with Crippen molar-refractivity contribution in [2.45, 2.75) is 0 Å². The Kier molecular flexibility index (Phi) is 2.28. The minimum absolute atomic E-state index is 0.284. The topological polar surface area (TPSA) is 37.3 Å². The van der Waals surface area contributed by atoms with Crippen molar-refractivity contribution in [2.24, 2.45) is 0 Å². The zero-order valence-electron chi connectivity index (χ0n) is 5.64. The smallest absolute Gasteiger partial charge is 0.252 e. The lowest BCUT2D eigenvalue weighted by molar-refractivity contribution is 0.108. The van der Waals surface area contributed by atoms with E-state index in [1.54, 1.807) is 0 Å². The van der Waals surface area contributed by atoms with Crippen LogP contribution in [0.4, 0.5) is 8.78 Å². The third-order valence-electron chi connectivity index (χ3n) is 1.24. The van der Waals surface area contributed by atoms with Gasteiger partial charge in [-0.1, -0.05) is 0 Å². The zero-order chi connectivity index (χ0) is 9.30. The molecule has 0 amide bonds. The molecule has 0 saturated heterocycles. The van der Waals surface area contributed by atoms with Gasteiger partial charge in [0, 0.05) is 5.56 Å². The Bertz CT molecular complexity index is 315. The van der Waals surface area contributed by atoms with E-state index in [4.69, 9.17) is 16.7 Å². The second-order valence-corrected chi connectivity index (χ2v) is 2.41. The number of hydrogen-bond donors (Lipinski definition) is 1. The summed E-state index contributed by atoms with van der Waals surface area (Å²) in [7, 11) is 0. The van der Waals surface area contributed by atoms with E-state index in [-0.39, 0.29) is 5.56 Å². The second kappa shape index (κ2) is 3.06. The molecule has 0 spiro atoms. The van der Waals surface area contributed by atoms with Crippen molar-refractivity contribution in [3.05, 3.63) is 29.3 Å². The van der Waals surface area contributed by atoms with Crippen LogP contribution in [0.15, 0.2) is 12.1 Å². The Morgan fingerprint density at radius 3 is 2.42 bits per heavy atom. The summed E-state index contributed by atoms with van der Waals surface area (Å²) >= 11 is 4.96. The van der Waals surface area contributed by atoms with E-state index >= 15 is 0 Å². The number of aromatic hydroxyl groups is 1. The van der Waals surface area contributed by atoms with Crippen LogP contribution < -0.4 is 0 Å². The van der Waals surface area contributed by atoms with Gasteiger partial charge in [0.25, 0.3) is 5.24 Å². The van der Waals surface area contributed by atoms with Gasteiger partial charge in [0.2, 0.25) is 0 Å². The van der Waals surface area contributed by atoms with Crippen LogP contribution in [0, 0.1) is 11.6 Å². The molecule has 12 heavy (non-hydrogen) atoms. The quantitative estimate of drug-likeness (QED) is 0.692. The van der Waals surface area contributed by atoms with Gasteiger partial charge in [0.05, 0.1) is 0 Å². The highest BCUT2D eigenvalue weighted by Crippen LogP contribution is 2.21. The van der Waals surface area contributed by atoms with Crippen LogP contribution in [0.1, 0.15) is 10.4 Å². The van der Waals surface area contributed by atoms with Crippen molar-refractivity contribution in [2.75, 3.05) is 0 Å². The number of rotatable bonds is 1. The summed E-state index contributed by atoms with van der Waals surface area (Å²) in [5.41, 5.74) is -0.284. The van der Waals surface area contributed by atoms with Crippen molar-refractivity contribution in [1.82, 2.24) is 0 Å². The summed E-state index contributed by atoms with van der Waals surface area (Å²) in [6.45, 7) is 0. The molecule has 64 valence electrons. The average Bonchev–Trinajstić information content (AvgIpc) is 1.99. The van der Waals surface area contributed by atoms with Gasteiger partial charge in [-0.2, -0.15) is 4.39 Å². The standard InChI is InChI=1S/C7H3ClF2O2/c8-7(12)3-1-4(9)6(10)5(11)2-3/h1-2,11H. The van der Waals surface area contributed by atoms with E-state index < -0.39 is 22.6 Å². The summed E-state index contributed by atoms with van der Waals surface area (Å²) in [5, 5.41) is 7.75. The lowest BCUT2D eigenvalue weighted by Gasteiger charge is -1.98. The lowest BCUT2D eigenvalue weighted by atomic mass is 10.2. The number of carbonyl (C=O) groups is 1. The van der Waals surface area contributed by atoms with Gasteiger partial charge in [-0.25, -0.2) is 4.39 Å². The van der Waals surface area contributed by atoms with Gasteiger partial charge in [-0.15, -0.1) is 0 Å². The van der Waals surface area contributed by atoms with Crippen LogP contribution in [0.2, 0.25) is 0 Å². The van der Waals surface area contributed by atoms with Crippen LogP contribution >= 0.6 is 11.6 Å². The zero-order valence-corrected chi connectivity index (χ0v) is 6.40. The molecule has 1 N–H and O–H groups in total. The molecule has 2 nitrogen and oxygen atoms in total. The number of phenols is 1. The average molecular weight is 193 g/mol. The summed E-state index contributed by atoms with van der Waals surface area (Å²) < 4.78 is 24.8. The Labute approximate surface area is 71.4 Å². The highest BCUT2D eigenvalue weighted by atomic mass is 35.5. The fraction of sp³-hybridized carbons (Fsp3) is 0. The van der Waals surface area contributed by atoms with Crippen LogP contribution in [0.3, 0.4) is 0 Å². The minimum Gasteiger partial charge on any atom is -0.505 e. The monoisotopic (exact) mass is 192 g/mol. The molecule has 0 radical (unpaired) electrons. The molecule has 0 aromatic heterocycles. The third kappa shape index (κ3) is 1.53. The number of benzene rings is 1. The SMILES string of the molecule is O=C(Cl)c1cc(O)c(F)c(F)c1. The number of phenolic OH excluding ortho intramolecular Hbond substituents is 1. The molecular weight excluding hydrogens is 190 g/mol. The van der Waals surface area contributed by atoms with E-state index in [1.807, 2.05) is 0 Å². The summed E-state index contributed by atoms with van der Waals surface area (Å²) in [5.74, 6) is -3.63. The maximum Gasteiger partial charge on any atom is 0.252 e. The first-order valence-corrected chi connectivity index (χ1v) is 3.28. The first-order chi connectivity index (χ1) is 5.52. The molecule has 5 heteroatoms. The van der Waals surface area contributed by atoms with Crippen molar-refractivity contribution >= 4 is 16.8 Å². The third-order valence-corrected chi connectivity index (χ3v) is 1.45. The largest absolute Gasteiger partial charge is 0.505 e. The highest BCUT2D eigenvalue weighted by Gasteiger charge is 2.12. The van der Waals surface area contributed by atoms with Crippen LogP contribution in [-0.2, 0) is 0 Å². The maximum atomic E-state index is 12.5. The van der Waals surface area contributed by atoms with Crippen molar-refractivity contribution in [1.29, 1.82) is 0 Å². The summed E-state index contributed by atoms with van der Waals surface area (Å²) in [6.07, 6.45) is 0. The Morgan fingerprint density at radius 2 is 2.00 bits per heavy atom. The van der Waals surface area contributed by atoms with Gasteiger partial charge in [-0.05, 0) is 23.7 Å². The second-order valence-electron chi connectivity index (χ2n) is 2.06. The molecule has 0 unspecified atom stereocenters. The molecule has 0 saturated carbocycles. The number of hydrogen-bond acceptors (Lipinski definition) is 2. The maximum absolute atomic E-state index is 12.5. The van der Waals surface area contributed by atoms with Crippen molar-refractivity contribution in [3.63, 3.8) is 0 Å². The Balaban J connectivity index is 3.31. The van der Waals surface area contributed by atoms with E-state index in [1.165, 1.54) is 0 Å². The minimum atomic E-state index is -1.39. The van der Waals surface area contributed by atoms with Crippen molar-refractivity contribution in [3.8, 4) is 5.75 Å². The van der Waals surface area contributed by atoms with Crippen LogP contribution in [0.25, 0.3) is 0 Å². The normalized spacial score (nSPS) is 9.92. The van der Waals surface area contributed by atoms with E-state index in [9.17, 15) is 13.6 Å². The molecule has 0 aliphatic rings. The van der Waals surface area contributed by atoms with Crippen LogP contribution in [-0.4, -0.2) is 10.3 Å². The molecule has 0 fully saturated rings. The van der Waals surface area contributed by atoms with Crippen LogP contribution in [0.5, 0.6) is 5.75 Å². The lowest BCUT2D eigenvalue weighted by Crippen LogP contribution is -1.93. The number of halogens is 3. The molecule has 0 heterocycles. The Morgan fingerprint density at radius 1 is 1.42 bits per heavy atom.